The summed E-state index contributed by atoms with van der Waals surface area (Å²) in [7, 11) is 0. The number of carbonyl (C=O) groups is 1. The van der Waals surface area contributed by atoms with Gasteiger partial charge in [0.1, 0.15) is 0 Å². The molecule has 2 heterocycles. The Kier molecular flexibility index (Phi) is 3.44. The Labute approximate surface area is 111 Å². The molecular weight excluding hydrogens is 247 g/mol. The lowest BCUT2D eigenvalue weighted by Gasteiger charge is -2.33. The molecule has 1 aromatic heterocycles. The van der Waals surface area contributed by atoms with Gasteiger partial charge >= 0.3 is 0 Å². The molecule has 5 nitrogen and oxygen atoms in total. The van der Waals surface area contributed by atoms with Gasteiger partial charge in [0.15, 0.2) is 0 Å². The maximum Gasteiger partial charge on any atom is 0.253 e. The molecule has 1 aromatic rings. The number of aromatic nitrogens is 1. The number of hydrogen-bond acceptors (Lipinski definition) is 4. The Hall–Kier alpha value is -1.53. The smallest absolute Gasteiger partial charge is 0.253 e. The average Bonchev–Trinajstić information content (AvgIpc) is 2.89. The topological polar surface area (TPSA) is 66.1 Å². The van der Waals surface area contributed by atoms with Gasteiger partial charge in [-0.15, -0.1) is 0 Å². The summed E-state index contributed by atoms with van der Waals surface area (Å²) in [5.74, 6) is -0.324. The number of fused-ring (bicyclic) bond motifs is 1. The molecule has 3 N–H and O–H groups in total. The highest BCUT2D eigenvalue weighted by Gasteiger charge is 2.37. The van der Waals surface area contributed by atoms with Crippen molar-refractivity contribution in [2.75, 3.05) is 6.54 Å². The van der Waals surface area contributed by atoms with Crippen LogP contribution in [-0.2, 0) is 0 Å². The van der Waals surface area contributed by atoms with E-state index in [9.17, 15) is 9.18 Å². The molecule has 6 heteroatoms. The van der Waals surface area contributed by atoms with Crippen molar-refractivity contribution in [3.05, 3.63) is 29.8 Å². The number of carbonyl (C=O) groups excluding carboxylic acids is 1. The van der Waals surface area contributed by atoms with E-state index in [0.29, 0.717) is 17.5 Å². The van der Waals surface area contributed by atoms with Gasteiger partial charge in [-0.1, -0.05) is 0 Å². The molecule has 0 radical (unpaired) electrons. The molecule has 3 unspecified atom stereocenters. The van der Waals surface area contributed by atoms with Gasteiger partial charge in [0.2, 0.25) is 5.95 Å². The normalized spacial score (nSPS) is 29.8. The minimum atomic E-state index is -0.571. The van der Waals surface area contributed by atoms with Crippen LogP contribution < -0.4 is 16.2 Å². The quantitative estimate of drug-likeness (QED) is 0.684. The first kappa shape index (κ1) is 12.5. The van der Waals surface area contributed by atoms with Crippen LogP contribution in [0, 0.1) is 11.9 Å². The van der Waals surface area contributed by atoms with Crippen LogP contribution in [0.3, 0.4) is 0 Å². The second kappa shape index (κ2) is 5.22. The number of rotatable bonds is 2. The van der Waals surface area contributed by atoms with Crippen molar-refractivity contribution in [3.63, 3.8) is 0 Å². The van der Waals surface area contributed by atoms with E-state index >= 15 is 0 Å². The maximum absolute atomic E-state index is 12.7. The first-order chi connectivity index (χ1) is 9.24. The van der Waals surface area contributed by atoms with Gasteiger partial charge in [-0.2, -0.15) is 4.39 Å². The summed E-state index contributed by atoms with van der Waals surface area (Å²) in [6.45, 7) is 0.872. The predicted molar refractivity (Wildman–Crippen MR) is 67.7 cm³/mol. The second-order valence-corrected chi connectivity index (χ2v) is 5.18. The first-order valence-electron chi connectivity index (χ1n) is 6.65. The molecular formula is C13H17FN4O. The Balaban J connectivity index is 1.67. The molecule has 2 fully saturated rings. The summed E-state index contributed by atoms with van der Waals surface area (Å²) >= 11 is 0. The monoisotopic (exact) mass is 264 g/mol. The van der Waals surface area contributed by atoms with Crippen LogP contribution in [0.5, 0.6) is 0 Å². The van der Waals surface area contributed by atoms with E-state index in [4.69, 9.17) is 0 Å². The van der Waals surface area contributed by atoms with Crippen molar-refractivity contribution in [3.8, 4) is 0 Å². The maximum atomic E-state index is 12.7. The van der Waals surface area contributed by atoms with Crippen molar-refractivity contribution in [2.24, 2.45) is 5.92 Å². The SMILES string of the molecule is O=C(NC1CCCC2NNCC21)c1ccc(F)nc1. The second-order valence-electron chi connectivity index (χ2n) is 5.18. The molecule has 1 aliphatic carbocycles. The Morgan fingerprint density at radius 2 is 2.32 bits per heavy atom. The average molecular weight is 264 g/mol. The van der Waals surface area contributed by atoms with Crippen molar-refractivity contribution in [2.45, 2.75) is 31.3 Å². The Morgan fingerprint density at radius 3 is 3.11 bits per heavy atom. The van der Waals surface area contributed by atoms with Crippen molar-refractivity contribution in [1.29, 1.82) is 0 Å². The lowest BCUT2D eigenvalue weighted by atomic mass is 9.81. The fourth-order valence-corrected chi connectivity index (χ4v) is 2.98. The molecule has 102 valence electrons. The molecule has 3 rings (SSSR count). The summed E-state index contributed by atoms with van der Waals surface area (Å²) in [4.78, 5) is 15.6. The molecule has 0 spiro atoms. The molecule has 19 heavy (non-hydrogen) atoms. The molecule has 0 aromatic carbocycles. The van der Waals surface area contributed by atoms with Gasteiger partial charge in [-0.05, 0) is 31.4 Å². The van der Waals surface area contributed by atoms with E-state index in [2.05, 4.69) is 21.2 Å². The van der Waals surface area contributed by atoms with Crippen molar-refractivity contribution < 1.29 is 9.18 Å². The largest absolute Gasteiger partial charge is 0.349 e. The van der Waals surface area contributed by atoms with Gasteiger partial charge in [-0.3, -0.25) is 15.6 Å². The van der Waals surface area contributed by atoms with Crippen LogP contribution in [0.4, 0.5) is 4.39 Å². The van der Waals surface area contributed by atoms with E-state index < -0.39 is 5.95 Å². The summed E-state index contributed by atoms with van der Waals surface area (Å²) in [5, 5.41) is 3.04. The predicted octanol–water partition coefficient (Wildman–Crippen LogP) is 0.596. The Morgan fingerprint density at radius 1 is 1.42 bits per heavy atom. The molecule has 1 amide bonds. The number of pyridine rings is 1. The molecule has 0 bridgehead atoms. The van der Waals surface area contributed by atoms with Gasteiger partial charge < -0.3 is 5.32 Å². The van der Waals surface area contributed by atoms with Crippen LogP contribution in [0.15, 0.2) is 18.3 Å². The third kappa shape index (κ3) is 2.59. The van der Waals surface area contributed by atoms with Crippen LogP contribution in [-0.4, -0.2) is 29.5 Å². The molecule has 1 aliphatic heterocycles. The van der Waals surface area contributed by atoms with Crippen molar-refractivity contribution >= 4 is 5.91 Å². The highest BCUT2D eigenvalue weighted by atomic mass is 19.1. The van der Waals surface area contributed by atoms with Crippen LogP contribution in [0.1, 0.15) is 29.6 Å². The number of nitrogens with one attached hydrogen (secondary N) is 3. The summed E-state index contributed by atoms with van der Waals surface area (Å²) in [6.07, 6.45) is 4.51. The summed E-state index contributed by atoms with van der Waals surface area (Å²) in [5.41, 5.74) is 6.80. The van der Waals surface area contributed by atoms with Crippen LogP contribution in [0.2, 0.25) is 0 Å². The van der Waals surface area contributed by atoms with Gasteiger partial charge in [0.05, 0.1) is 5.56 Å². The fourth-order valence-electron chi connectivity index (χ4n) is 2.98. The third-order valence-electron chi connectivity index (χ3n) is 4.00. The third-order valence-corrected chi connectivity index (χ3v) is 4.00. The Bertz CT molecular complexity index is 464. The lowest BCUT2D eigenvalue weighted by molar-refractivity contribution is 0.0906. The van der Waals surface area contributed by atoms with E-state index in [1.807, 2.05) is 0 Å². The standard InChI is InChI=1S/C13H17FN4O/c14-12-5-4-8(6-15-12)13(19)17-10-2-1-3-11-9(10)7-16-18-11/h4-6,9-11,16,18H,1-3,7H2,(H,17,19). The van der Waals surface area contributed by atoms with Crippen LogP contribution >= 0.6 is 0 Å². The zero-order valence-corrected chi connectivity index (χ0v) is 10.5. The fraction of sp³-hybridized carbons (Fsp3) is 0.538. The van der Waals surface area contributed by atoms with E-state index in [-0.39, 0.29) is 11.9 Å². The molecule has 3 atom stereocenters. The zero-order valence-electron chi connectivity index (χ0n) is 10.5. The zero-order chi connectivity index (χ0) is 13.2. The minimum Gasteiger partial charge on any atom is -0.349 e. The number of halogens is 1. The van der Waals surface area contributed by atoms with E-state index in [0.717, 1.165) is 25.8 Å². The number of nitrogens with zero attached hydrogens (tertiary/aromatic N) is 1. The van der Waals surface area contributed by atoms with Gasteiger partial charge in [-0.25, -0.2) is 4.98 Å². The highest BCUT2D eigenvalue weighted by molar-refractivity contribution is 5.94. The number of hydrogen-bond donors (Lipinski definition) is 3. The lowest BCUT2D eigenvalue weighted by Crippen LogP contribution is -2.48. The van der Waals surface area contributed by atoms with Gasteiger partial charge in [0.25, 0.3) is 5.91 Å². The highest BCUT2D eigenvalue weighted by Crippen LogP contribution is 2.27. The van der Waals surface area contributed by atoms with E-state index in [1.165, 1.54) is 18.3 Å². The van der Waals surface area contributed by atoms with Gasteiger partial charge in [0, 0.05) is 30.7 Å². The first-order valence-corrected chi connectivity index (χ1v) is 6.65. The minimum absolute atomic E-state index is 0.166. The van der Waals surface area contributed by atoms with Crippen molar-refractivity contribution in [1.82, 2.24) is 21.2 Å². The molecule has 2 aliphatic rings. The number of amides is 1. The number of hydrazine groups is 1. The summed E-state index contributed by atoms with van der Waals surface area (Å²) in [6, 6.07) is 3.27. The summed E-state index contributed by atoms with van der Waals surface area (Å²) < 4.78 is 12.7. The van der Waals surface area contributed by atoms with Crippen LogP contribution in [0.25, 0.3) is 0 Å². The molecule has 1 saturated carbocycles. The molecule has 1 saturated heterocycles. The van der Waals surface area contributed by atoms with E-state index in [1.54, 1.807) is 0 Å².